The summed E-state index contributed by atoms with van der Waals surface area (Å²) in [6, 6.07) is 0. The lowest BCUT2D eigenvalue weighted by molar-refractivity contribution is -0.146. The first-order valence-corrected chi connectivity index (χ1v) is 6.92. The smallest absolute Gasteiger partial charge is 0.308 e. The minimum Gasteiger partial charge on any atom is -0.469 e. The number of rotatable bonds is 3. The van der Waals surface area contributed by atoms with Crippen molar-refractivity contribution in [2.45, 2.75) is 19.3 Å². The maximum Gasteiger partial charge on any atom is 0.308 e. The molecule has 0 radical (unpaired) electrons. The largest absolute Gasteiger partial charge is 0.469 e. The maximum atomic E-state index is 11.3. The molecule has 4 nitrogen and oxygen atoms in total. The van der Waals surface area contributed by atoms with Gasteiger partial charge in [-0.05, 0) is 18.8 Å². The van der Waals surface area contributed by atoms with Gasteiger partial charge in [-0.2, -0.15) is 0 Å². The van der Waals surface area contributed by atoms with Gasteiger partial charge >= 0.3 is 5.97 Å². The number of esters is 1. The van der Waals surface area contributed by atoms with Gasteiger partial charge in [-0.1, -0.05) is 6.42 Å². The summed E-state index contributed by atoms with van der Waals surface area (Å²) in [6.45, 7) is 0. The molecule has 1 aliphatic rings. The fourth-order valence-electron chi connectivity index (χ4n) is 1.95. The van der Waals surface area contributed by atoms with Crippen molar-refractivity contribution >= 4 is 25.7 Å². The van der Waals surface area contributed by atoms with Crippen LogP contribution in [0.3, 0.4) is 0 Å². The van der Waals surface area contributed by atoms with Gasteiger partial charge in [0.05, 0.1) is 18.8 Å². The molecule has 0 aromatic rings. The number of carbonyl (C=O) groups is 1. The quantitative estimate of drug-likeness (QED) is 0.548. The molecule has 0 saturated heterocycles. The third kappa shape index (κ3) is 3.13. The van der Waals surface area contributed by atoms with Gasteiger partial charge in [0.1, 0.15) is 0 Å². The lowest BCUT2D eigenvalue weighted by atomic mass is 9.98. The Morgan fingerprint density at radius 1 is 1.50 bits per heavy atom. The van der Waals surface area contributed by atoms with E-state index in [4.69, 9.17) is 10.7 Å². The van der Waals surface area contributed by atoms with E-state index in [0.717, 1.165) is 12.8 Å². The van der Waals surface area contributed by atoms with E-state index in [9.17, 15) is 13.2 Å². The Bertz CT molecular complexity index is 311. The van der Waals surface area contributed by atoms with E-state index in [1.807, 2.05) is 0 Å². The van der Waals surface area contributed by atoms with Gasteiger partial charge in [-0.25, -0.2) is 8.42 Å². The van der Waals surface area contributed by atoms with Gasteiger partial charge in [0.25, 0.3) is 0 Å². The molecule has 1 rings (SSSR count). The summed E-state index contributed by atoms with van der Waals surface area (Å²) in [5, 5.41) is 0. The van der Waals surface area contributed by atoms with Gasteiger partial charge < -0.3 is 4.74 Å². The van der Waals surface area contributed by atoms with Crippen molar-refractivity contribution in [3.8, 4) is 0 Å². The van der Waals surface area contributed by atoms with Crippen molar-refractivity contribution in [2.75, 3.05) is 12.9 Å². The SMILES string of the molecule is COC(=O)[C@@H]1CCC[C@H]1CS(=O)(=O)Cl. The lowest BCUT2D eigenvalue weighted by Crippen LogP contribution is -2.24. The molecule has 1 aliphatic carbocycles. The molecule has 0 aliphatic heterocycles. The van der Waals surface area contributed by atoms with Gasteiger partial charge in [0.2, 0.25) is 9.05 Å². The minimum atomic E-state index is -3.52. The molecule has 1 fully saturated rings. The van der Waals surface area contributed by atoms with Gasteiger partial charge in [-0.15, -0.1) is 0 Å². The highest BCUT2D eigenvalue weighted by atomic mass is 35.7. The van der Waals surface area contributed by atoms with Crippen LogP contribution in [0.25, 0.3) is 0 Å². The zero-order valence-corrected chi connectivity index (χ0v) is 9.47. The third-order valence-corrected chi connectivity index (χ3v) is 3.78. The standard InChI is InChI=1S/C8H13ClO4S/c1-13-8(10)7-4-2-3-6(7)5-14(9,11)12/h6-7H,2-5H2,1H3/t6-,7+/m0/s1. The van der Waals surface area contributed by atoms with Crippen LogP contribution in [0.1, 0.15) is 19.3 Å². The average Bonchev–Trinajstić information content (AvgIpc) is 2.48. The lowest BCUT2D eigenvalue weighted by Gasteiger charge is -2.15. The van der Waals surface area contributed by atoms with Crippen LogP contribution in [0.15, 0.2) is 0 Å². The number of carbonyl (C=O) groups excluding carboxylic acids is 1. The van der Waals surface area contributed by atoms with Gasteiger partial charge in [0.15, 0.2) is 0 Å². The van der Waals surface area contributed by atoms with Crippen molar-refractivity contribution in [3.63, 3.8) is 0 Å². The Kier molecular flexibility index (Phi) is 3.78. The number of hydrogen-bond acceptors (Lipinski definition) is 4. The molecule has 0 bridgehead atoms. The molecule has 0 spiro atoms. The molecule has 6 heteroatoms. The Hall–Kier alpha value is -0.290. The molecule has 2 atom stereocenters. The molecule has 0 aromatic heterocycles. The summed E-state index contributed by atoms with van der Waals surface area (Å²) in [6.07, 6.45) is 2.28. The van der Waals surface area contributed by atoms with E-state index in [0.29, 0.717) is 6.42 Å². The van der Waals surface area contributed by atoms with E-state index in [1.54, 1.807) is 0 Å². The first kappa shape index (κ1) is 11.8. The van der Waals surface area contributed by atoms with Crippen LogP contribution >= 0.6 is 10.7 Å². The number of ether oxygens (including phenoxy) is 1. The Labute approximate surface area is 88.0 Å². The monoisotopic (exact) mass is 240 g/mol. The Balaban J connectivity index is 2.65. The van der Waals surface area contributed by atoms with E-state index < -0.39 is 9.05 Å². The highest BCUT2D eigenvalue weighted by Crippen LogP contribution is 2.34. The summed E-state index contributed by atoms with van der Waals surface area (Å²) >= 11 is 0. The fraction of sp³-hybridized carbons (Fsp3) is 0.875. The van der Waals surface area contributed by atoms with Gasteiger partial charge in [0, 0.05) is 10.7 Å². The highest BCUT2D eigenvalue weighted by molar-refractivity contribution is 8.13. The second-order valence-electron chi connectivity index (χ2n) is 3.53. The first-order valence-electron chi connectivity index (χ1n) is 4.44. The molecule has 82 valence electrons. The second-order valence-corrected chi connectivity index (χ2v) is 6.35. The summed E-state index contributed by atoms with van der Waals surface area (Å²) in [5.41, 5.74) is 0. The predicted octanol–water partition coefficient (Wildman–Crippen LogP) is 1.14. The summed E-state index contributed by atoms with van der Waals surface area (Å²) < 4.78 is 26.3. The topological polar surface area (TPSA) is 60.4 Å². The number of hydrogen-bond donors (Lipinski definition) is 0. The molecule has 0 amide bonds. The normalized spacial score (nSPS) is 27.6. The molecular weight excluding hydrogens is 228 g/mol. The van der Waals surface area contributed by atoms with Crippen LogP contribution in [0.4, 0.5) is 0 Å². The fourth-order valence-corrected chi connectivity index (χ4v) is 3.35. The maximum absolute atomic E-state index is 11.3. The van der Waals surface area contributed by atoms with Crippen LogP contribution in [-0.2, 0) is 18.6 Å². The molecular formula is C8H13ClO4S. The summed E-state index contributed by atoms with van der Waals surface area (Å²) in [4.78, 5) is 11.3. The molecule has 0 heterocycles. The molecule has 0 unspecified atom stereocenters. The van der Waals surface area contributed by atoms with Crippen LogP contribution in [-0.4, -0.2) is 27.2 Å². The number of methoxy groups -OCH3 is 1. The molecule has 14 heavy (non-hydrogen) atoms. The molecule has 0 aromatic carbocycles. The molecule has 1 saturated carbocycles. The van der Waals surface area contributed by atoms with Gasteiger partial charge in [-0.3, -0.25) is 4.79 Å². The van der Waals surface area contributed by atoms with Crippen molar-refractivity contribution < 1.29 is 17.9 Å². The minimum absolute atomic E-state index is 0.131. The second kappa shape index (κ2) is 4.49. The van der Waals surface area contributed by atoms with E-state index >= 15 is 0 Å². The van der Waals surface area contributed by atoms with Crippen molar-refractivity contribution in [1.29, 1.82) is 0 Å². The van der Waals surface area contributed by atoms with Crippen LogP contribution in [0.5, 0.6) is 0 Å². The predicted molar refractivity (Wildman–Crippen MR) is 52.5 cm³/mol. The van der Waals surface area contributed by atoms with Crippen molar-refractivity contribution in [3.05, 3.63) is 0 Å². The Morgan fingerprint density at radius 2 is 2.14 bits per heavy atom. The zero-order chi connectivity index (χ0) is 10.8. The summed E-state index contributed by atoms with van der Waals surface area (Å²) in [7, 11) is 2.94. The number of halogens is 1. The summed E-state index contributed by atoms with van der Waals surface area (Å²) in [5.74, 6) is -0.930. The van der Waals surface area contributed by atoms with E-state index in [1.165, 1.54) is 7.11 Å². The van der Waals surface area contributed by atoms with Crippen LogP contribution in [0.2, 0.25) is 0 Å². The third-order valence-electron chi connectivity index (χ3n) is 2.58. The first-order chi connectivity index (χ1) is 6.44. The molecule has 0 N–H and O–H groups in total. The Morgan fingerprint density at radius 3 is 2.64 bits per heavy atom. The van der Waals surface area contributed by atoms with Crippen LogP contribution < -0.4 is 0 Å². The zero-order valence-electron chi connectivity index (χ0n) is 7.90. The van der Waals surface area contributed by atoms with Crippen molar-refractivity contribution in [2.24, 2.45) is 11.8 Å². The van der Waals surface area contributed by atoms with E-state index in [2.05, 4.69) is 4.74 Å². The highest BCUT2D eigenvalue weighted by Gasteiger charge is 2.36. The van der Waals surface area contributed by atoms with Crippen molar-refractivity contribution in [1.82, 2.24) is 0 Å². The average molecular weight is 241 g/mol. The van der Waals surface area contributed by atoms with E-state index in [-0.39, 0.29) is 23.6 Å². The van der Waals surface area contributed by atoms with Crippen LogP contribution in [0, 0.1) is 11.8 Å².